The maximum Gasteiger partial charge on any atom is 0.182 e. The standard InChI is InChI=1S/C12H15Cl2N3O/c1-2-16-3-4-17-8(6-16)7-18-11-10(14)9(13)5-15-12(11)17/h5,8H,2-4,6-7H2,1H3/t8-/m1/s1. The molecule has 1 atom stereocenters. The first-order chi connectivity index (χ1) is 8.70. The molecule has 1 aromatic rings. The van der Waals surface area contributed by atoms with Crippen molar-refractivity contribution in [2.45, 2.75) is 13.0 Å². The monoisotopic (exact) mass is 287 g/mol. The Morgan fingerprint density at radius 3 is 3.06 bits per heavy atom. The average molecular weight is 288 g/mol. The summed E-state index contributed by atoms with van der Waals surface area (Å²) >= 11 is 12.1. The maximum absolute atomic E-state index is 6.16. The van der Waals surface area contributed by atoms with Crippen LogP contribution in [0.25, 0.3) is 0 Å². The predicted molar refractivity (Wildman–Crippen MR) is 73.0 cm³/mol. The highest BCUT2D eigenvalue weighted by Gasteiger charge is 2.34. The van der Waals surface area contributed by atoms with Crippen molar-refractivity contribution in [3.8, 4) is 5.75 Å². The zero-order valence-corrected chi connectivity index (χ0v) is 11.7. The molecule has 1 fully saturated rings. The second kappa shape index (κ2) is 4.76. The van der Waals surface area contributed by atoms with Crippen LogP contribution < -0.4 is 9.64 Å². The Hall–Kier alpha value is -0.710. The molecule has 0 aliphatic carbocycles. The lowest BCUT2D eigenvalue weighted by molar-refractivity contribution is 0.171. The number of halogens is 2. The van der Waals surface area contributed by atoms with Crippen LogP contribution >= 0.6 is 23.2 Å². The molecule has 1 aromatic heterocycles. The maximum atomic E-state index is 6.16. The summed E-state index contributed by atoms with van der Waals surface area (Å²) in [6, 6.07) is 0.357. The molecule has 3 heterocycles. The van der Waals surface area contributed by atoms with Crippen LogP contribution in [0.3, 0.4) is 0 Å². The van der Waals surface area contributed by atoms with E-state index in [1.54, 1.807) is 6.20 Å². The molecule has 4 nitrogen and oxygen atoms in total. The fourth-order valence-electron chi connectivity index (χ4n) is 2.58. The van der Waals surface area contributed by atoms with E-state index in [2.05, 4.69) is 21.7 Å². The smallest absolute Gasteiger partial charge is 0.182 e. The zero-order chi connectivity index (χ0) is 12.7. The molecular formula is C12H15Cl2N3O. The molecule has 0 saturated carbocycles. The van der Waals surface area contributed by atoms with Gasteiger partial charge in [0.15, 0.2) is 11.6 Å². The molecule has 1 saturated heterocycles. The molecule has 0 spiro atoms. The van der Waals surface area contributed by atoms with Crippen molar-refractivity contribution in [2.75, 3.05) is 37.7 Å². The van der Waals surface area contributed by atoms with Crippen LogP contribution in [0.2, 0.25) is 10.0 Å². The van der Waals surface area contributed by atoms with Crippen molar-refractivity contribution >= 4 is 29.0 Å². The predicted octanol–water partition coefficient (Wildman–Crippen LogP) is 2.29. The van der Waals surface area contributed by atoms with E-state index < -0.39 is 0 Å². The number of ether oxygens (including phenoxy) is 1. The Balaban J connectivity index is 1.93. The van der Waals surface area contributed by atoms with Crippen molar-refractivity contribution in [2.24, 2.45) is 0 Å². The summed E-state index contributed by atoms with van der Waals surface area (Å²) in [5.41, 5.74) is 0. The normalized spacial score (nSPS) is 23.3. The first kappa shape index (κ1) is 12.3. The van der Waals surface area contributed by atoms with Crippen LogP contribution in [0.15, 0.2) is 6.20 Å². The number of nitrogens with zero attached hydrogens (tertiary/aromatic N) is 3. The fourth-order valence-corrected chi connectivity index (χ4v) is 2.90. The van der Waals surface area contributed by atoms with Crippen LogP contribution in [-0.2, 0) is 0 Å². The van der Waals surface area contributed by atoms with Gasteiger partial charge in [0.2, 0.25) is 0 Å². The largest absolute Gasteiger partial charge is 0.486 e. The number of hydrogen-bond donors (Lipinski definition) is 0. The molecule has 98 valence electrons. The number of fused-ring (bicyclic) bond motifs is 3. The number of pyridine rings is 1. The topological polar surface area (TPSA) is 28.6 Å². The first-order valence-electron chi connectivity index (χ1n) is 6.16. The van der Waals surface area contributed by atoms with E-state index in [1.165, 1.54) is 0 Å². The van der Waals surface area contributed by atoms with Gasteiger partial charge in [0.05, 0.1) is 11.1 Å². The Kier molecular flexibility index (Phi) is 3.26. The number of aromatic nitrogens is 1. The lowest BCUT2D eigenvalue weighted by Crippen LogP contribution is -2.57. The lowest BCUT2D eigenvalue weighted by Gasteiger charge is -2.44. The quantitative estimate of drug-likeness (QED) is 0.792. The second-order valence-electron chi connectivity index (χ2n) is 4.62. The van der Waals surface area contributed by atoms with Crippen molar-refractivity contribution in [3.05, 3.63) is 16.2 Å². The van der Waals surface area contributed by atoms with Crippen molar-refractivity contribution in [3.63, 3.8) is 0 Å². The molecule has 0 bridgehead atoms. The molecule has 0 aromatic carbocycles. The highest BCUT2D eigenvalue weighted by atomic mass is 35.5. The van der Waals surface area contributed by atoms with Gasteiger partial charge in [-0.1, -0.05) is 30.1 Å². The molecule has 2 aliphatic heterocycles. The Bertz CT molecular complexity index is 469. The molecule has 0 radical (unpaired) electrons. The van der Waals surface area contributed by atoms with Gasteiger partial charge in [0.25, 0.3) is 0 Å². The van der Waals surface area contributed by atoms with E-state index in [-0.39, 0.29) is 0 Å². The molecule has 0 N–H and O–H groups in total. The van der Waals surface area contributed by atoms with E-state index >= 15 is 0 Å². The highest BCUT2D eigenvalue weighted by Crippen LogP contribution is 2.42. The Morgan fingerprint density at radius 1 is 1.44 bits per heavy atom. The third-order valence-electron chi connectivity index (χ3n) is 3.62. The fraction of sp³-hybridized carbons (Fsp3) is 0.583. The zero-order valence-electron chi connectivity index (χ0n) is 10.2. The Labute approximate surface area is 116 Å². The van der Waals surface area contributed by atoms with E-state index in [0.29, 0.717) is 28.4 Å². The van der Waals surface area contributed by atoms with Gasteiger partial charge >= 0.3 is 0 Å². The minimum atomic E-state index is 0.357. The van der Waals surface area contributed by atoms with Crippen LogP contribution in [0.1, 0.15) is 6.92 Å². The Morgan fingerprint density at radius 2 is 2.28 bits per heavy atom. The molecule has 0 unspecified atom stereocenters. The molecule has 6 heteroatoms. The summed E-state index contributed by atoms with van der Waals surface area (Å²) in [5.74, 6) is 1.46. The summed E-state index contributed by atoms with van der Waals surface area (Å²) in [7, 11) is 0. The van der Waals surface area contributed by atoms with Gasteiger partial charge < -0.3 is 9.64 Å². The minimum absolute atomic E-state index is 0.357. The summed E-state index contributed by atoms with van der Waals surface area (Å²) in [6.07, 6.45) is 1.60. The van der Waals surface area contributed by atoms with Gasteiger partial charge in [-0.25, -0.2) is 4.98 Å². The SMILES string of the molecule is CCN1CCN2c3ncc(Cl)c(Cl)c3OC[C@H]2C1. The number of hydrogen-bond acceptors (Lipinski definition) is 4. The van der Waals surface area contributed by atoms with E-state index in [0.717, 1.165) is 32.0 Å². The average Bonchev–Trinajstić information content (AvgIpc) is 2.41. The highest BCUT2D eigenvalue weighted by molar-refractivity contribution is 6.43. The number of anilines is 1. The third kappa shape index (κ3) is 1.92. The third-order valence-corrected chi connectivity index (χ3v) is 4.38. The number of rotatable bonds is 1. The van der Waals surface area contributed by atoms with Crippen LogP contribution in [0.4, 0.5) is 5.82 Å². The first-order valence-corrected chi connectivity index (χ1v) is 6.92. The van der Waals surface area contributed by atoms with Crippen molar-refractivity contribution in [1.29, 1.82) is 0 Å². The van der Waals surface area contributed by atoms with Crippen molar-refractivity contribution in [1.82, 2.24) is 9.88 Å². The van der Waals surface area contributed by atoms with Gasteiger partial charge in [0.1, 0.15) is 11.6 Å². The van der Waals surface area contributed by atoms with Gasteiger partial charge in [-0.2, -0.15) is 0 Å². The second-order valence-corrected chi connectivity index (χ2v) is 5.41. The van der Waals surface area contributed by atoms with Gasteiger partial charge in [-0.15, -0.1) is 0 Å². The molecule has 0 amide bonds. The van der Waals surface area contributed by atoms with E-state index in [9.17, 15) is 0 Å². The lowest BCUT2D eigenvalue weighted by atomic mass is 10.1. The molecular weight excluding hydrogens is 273 g/mol. The molecule has 18 heavy (non-hydrogen) atoms. The van der Waals surface area contributed by atoms with E-state index in [4.69, 9.17) is 27.9 Å². The summed E-state index contributed by atoms with van der Waals surface area (Å²) in [4.78, 5) is 9.09. The minimum Gasteiger partial charge on any atom is -0.486 e. The van der Waals surface area contributed by atoms with Gasteiger partial charge in [-0.05, 0) is 6.54 Å². The summed E-state index contributed by atoms with van der Waals surface area (Å²) < 4.78 is 5.75. The molecule has 2 aliphatic rings. The van der Waals surface area contributed by atoms with Gasteiger partial charge in [0, 0.05) is 25.8 Å². The number of likely N-dealkylation sites (N-methyl/N-ethyl adjacent to an activating group) is 1. The van der Waals surface area contributed by atoms with Crippen LogP contribution in [-0.4, -0.2) is 48.7 Å². The summed E-state index contributed by atoms with van der Waals surface area (Å²) in [5, 5.41) is 0.916. The summed E-state index contributed by atoms with van der Waals surface area (Å²) in [6.45, 7) is 6.92. The van der Waals surface area contributed by atoms with Crippen molar-refractivity contribution < 1.29 is 4.74 Å². The molecule has 3 rings (SSSR count). The number of piperazine rings is 1. The van der Waals surface area contributed by atoms with Crippen LogP contribution in [0.5, 0.6) is 5.75 Å². The van der Waals surface area contributed by atoms with E-state index in [1.807, 2.05) is 0 Å². The van der Waals surface area contributed by atoms with Gasteiger partial charge in [-0.3, -0.25) is 4.90 Å². The van der Waals surface area contributed by atoms with Crippen LogP contribution in [0, 0.1) is 0 Å².